The highest BCUT2D eigenvalue weighted by Gasteiger charge is 2.28. The van der Waals surface area contributed by atoms with E-state index in [0.717, 1.165) is 25.9 Å². The van der Waals surface area contributed by atoms with Crippen LogP contribution in [0, 0.1) is 17.2 Å². The summed E-state index contributed by atoms with van der Waals surface area (Å²) in [6.07, 6.45) is 1.96. The minimum Gasteiger partial charge on any atom is -0.350 e. The normalized spacial score (nSPS) is 23.8. The number of hydrogen-bond acceptors (Lipinski definition) is 3. The van der Waals surface area contributed by atoms with Gasteiger partial charge in [0.15, 0.2) is 0 Å². The summed E-state index contributed by atoms with van der Waals surface area (Å²) in [5.74, 6) is 0.129. The van der Waals surface area contributed by atoms with Crippen molar-refractivity contribution in [2.75, 3.05) is 13.1 Å². The van der Waals surface area contributed by atoms with Gasteiger partial charge in [-0.3, -0.25) is 9.69 Å². The summed E-state index contributed by atoms with van der Waals surface area (Å²) >= 11 is 0. The molecule has 0 aromatic rings. The van der Waals surface area contributed by atoms with E-state index in [2.05, 4.69) is 16.3 Å². The maximum Gasteiger partial charge on any atom is 0.237 e. The number of likely N-dealkylation sites (tertiary alicyclic amines) is 1. The van der Waals surface area contributed by atoms with Crippen LogP contribution in [0.15, 0.2) is 0 Å². The molecule has 1 aliphatic rings. The molecule has 0 spiro atoms. The zero-order valence-electron chi connectivity index (χ0n) is 11.3. The third kappa shape index (κ3) is 4.35. The number of piperidine rings is 1. The van der Waals surface area contributed by atoms with Gasteiger partial charge < -0.3 is 5.32 Å². The third-order valence-electron chi connectivity index (χ3n) is 3.06. The highest BCUT2D eigenvalue weighted by molar-refractivity contribution is 5.81. The molecule has 1 aliphatic heterocycles. The summed E-state index contributed by atoms with van der Waals surface area (Å²) in [4.78, 5) is 14.1. The van der Waals surface area contributed by atoms with Crippen LogP contribution in [0.3, 0.4) is 0 Å². The topological polar surface area (TPSA) is 56.1 Å². The Kier molecular flexibility index (Phi) is 4.53. The molecule has 17 heavy (non-hydrogen) atoms. The van der Waals surface area contributed by atoms with Crippen molar-refractivity contribution in [3.8, 4) is 6.07 Å². The van der Waals surface area contributed by atoms with Gasteiger partial charge in [0.25, 0.3) is 0 Å². The lowest BCUT2D eigenvalue weighted by Crippen LogP contribution is -2.53. The Morgan fingerprint density at radius 1 is 1.53 bits per heavy atom. The second kappa shape index (κ2) is 5.50. The van der Waals surface area contributed by atoms with E-state index >= 15 is 0 Å². The molecule has 1 fully saturated rings. The first-order chi connectivity index (χ1) is 7.83. The lowest BCUT2D eigenvalue weighted by atomic mass is 9.98. The van der Waals surface area contributed by atoms with Gasteiger partial charge in [-0.15, -0.1) is 0 Å². The molecular weight excluding hydrogens is 214 g/mol. The molecule has 0 aromatic carbocycles. The van der Waals surface area contributed by atoms with Crippen molar-refractivity contribution in [3.63, 3.8) is 0 Å². The molecule has 2 atom stereocenters. The number of hydrogen-bond donors (Lipinski definition) is 1. The molecule has 0 bridgehead atoms. The van der Waals surface area contributed by atoms with Crippen LogP contribution in [-0.4, -0.2) is 35.5 Å². The van der Waals surface area contributed by atoms with Gasteiger partial charge in [-0.05, 0) is 47.1 Å². The minimum atomic E-state index is -0.199. The van der Waals surface area contributed by atoms with Gasteiger partial charge >= 0.3 is 0 Å². The van der Waals surface area contributed by atoms with Crippen molar-refractivity contribution < 1.29 is 4.79 Å². The Bertz CT molecular complexity index is 314. The SMILES string of the molecule is CC(C(=O)NC(C)(C)C)N1CCCC(C#N)C1. The molecule has 1 amide bonds. The molecule has 1 rings (SSSR count). The predicted molar refractivity (Wildman–Crippen MR) is 67.3 cm³/mol. The fourth-order valence-corrected chi connectivity index (χ4v) is 2.10. The van der Waals surface area contributed by atoms with Crippen molar-refractivity contribution in [1.82, 2.24) is 10.2 Å². The highest BCUT2D eigenvalue weighted by atomic mass is 16.2. The zero-order valence-corrected chi connectivity index (χ0v) is 11.3. The molecule has 1 saturated heterocycles. The molecule has 1 heterocycles. The van der Waals surface area contributed by atoms with E-state index in [9.17, 15) is 4.79 Å². The summed E-state index contributed by atoms with van der Waals surface area (Å²) in [5.41, 5.74) is -0.199. The van der Waals surface area contributed by atoms with Crippen LogP contribution in [0.1, 0.15) is 40.5 Å². The number of nitrogens with zero attached hydrogens (tertiary/aromatic N) is 2. The van der Waals surface area contributed by atoms with E-state index < -0.39 is 0 Å². The van der Waals surface area contributed by atoms with Crippen molar-refractivity contribution >= 4 is 5.91 Å². The van der Waals surface area contributed by atoms with Crippen LogP contribution in [0.2, 0.25) is 0 Å². The van der Waals surface area contributed by atoms with Crippen LogP contribution in [0.25, 0.3) is 0 Å². The van der Waals surface area contributed by atoms with Crippen molar-refractivity contribution in [2.45, 2.75) is 52.1 Å². The number of nitriles is 1. The molecule has 0 saturated carbocycles. The van der Waals surface area contributed by atoms with E-state index in [0.29, 0.717) is 0 Å². The average molecular weight is 237 g/mol. The van der Waals surface area contributed by atoms with Crippen molar-refractivity contribution in [1.29, 1.82) is 5.26 Å². The lowest BCUT2D eigenvalue weighted by Gasteiger charge is -2.35. The van der Waals surface area contributed by atoms with Crippen LogP contribution in [-0.2, 0) is 4.79 Å². The Hall–Kier alpha value is -1.08. The third-order valence-corrected chi connectivity index (χ3v) is 3.06. The fraction of sp³-hybridized carbons (Fsp3) is 0.846. The molecule has 4 heteroatoms. The molecule has 2 unspecified atom stereocenters. The van der Waals surface area contributed by atoms with E-state index in [1.165, 1.54) is 0 Å². The van der Waals surface area contributed by atoms with E-state index in [-0.39, 0.29) is 23.4 Å². The number of nitrogens with one attached hydrogen (secondary N) is 1. The molecule has 0 aliphatic carbocycles. The maximum absolute atomic E-state index is 12.0. The first-order valence-corrected chi connectivity index (χ1v) is 6.29. The molecule has 0 radical (unpaired) electrons. The molecule has 4 nitrogen and oxygen atoms in total. The van der Waals surface area contributed by atoms with E-state index in [1.54, 1.807) is 0 Å². The first-order valence-electron chi connectivity index (χ1n) is 6.29. The Balaban J connectivity index is 2.55. The monoisotopic (exact) mass is 237 g/mol. The Morgan fingerprint density at radius 3 is 2.71 bits per heavy atom. The minimum absolute atomic E-state index is 0.0519. The number of carbonyl (C=O) groups is 1. The summed E-state index contributed by atoms with van der Waals surface area (Å²) in [5, 5.41) is 11.9. The van der Waals surface area contributed by atoms with E-state index in [1.807, 2.05) is 27.7 Å². The molecule has 0 aromatic heterocycles. The van der Waals surface area contributed by atoms with Crippen LogP contribution in [0.5, 0.6) is 0 Å². The largest absolute Gasteiger partial charge is 0.350 e. The maximum atomic E-state index is 12.0. The van der Waals surface area contributed by atoms with Gasteiger partial charge in [-0.25, -0.2) is 0 Å². The van der Waals surface area contributed by atoms with Crippen molar-refractivity contribution in [2.24, 2.45) is 5.92 Å². The smallest absolute Gasteiger partial charge is 0.237 e. The van der Waals surface area contributed by atoms with Gasteiger partial charge in [0.05, 0.1) is 18.0 Å². The summed E-state index contributed by atoms with van der Waals surface area (Å²) in [6, 6.07) is 2.15. The Labute approximate surface area is 104 Å². The summed E-state index contributed by atoms with van der Waals surface area (Å²) in [7, 11) is 0. The van der Waals surface area contributed by atoms with Crippen LogP contribution < -0.4 is 5.32 Å². The van der Waals surface area contributed by atoms with Crippen LogP contribution in [0.4, 0.5) is 0 Å². The lowest BCUT2D eigenvalue weighted by molar-refractivity contribution is -0.127. The quantitative estimate of drug-likeness (QED) is 0.792. The van der Waals surface area contributed by atoms with E-state index in [4.69, 9.17) is 5.26 Å². The van der Waals surface area contributed by atoms with Gasteiger partial charge in [-0.2, -0.15) is 5.26 Å². The second-order valence-electron chi connectivity index (χ2n) is 5.88. The molecule has 1 N–H and O–H groups in total. The zero-order chi connectivity index (χ0) is 13.1. The fourth-order valence-electron chi connectivity index (χ4n) is 2.10. The number of rotatable bonds is 2. The number of amides is 1. The first kappa shape index (κ1) is 14.0. The average Bonchev–Trinajstić information content (AvgIpc) is 2.26. The second-order valence-corrected chi connectivity index (χ2v) is 5.88. The standard InChI is InChI=1S/C13H23N3O/c1-10(12(17)15-13(2,3)4)16-7-5-6-11(8-14)9-16/h10-11H,5-7,9H2,1-4H3,(H,15,17). The van der Waals surface area contributed by atoms with Gasteiger partial charge in [0.2, 0.25) is 5.91 Å². The summed E-state index contributed by atoms with van der Waals surface area (Å²) < 4.78 is 0. The molecular formula is C13H23N3O. The van der Waals surface area contributed by atoms with Gasteiger partial charge in [0.1, 0.15) is 0 Å². The van der Waals surface area contributed by atoms with Gasteiger partial charge in [-0.1, -0.05) is 0 Å². The van der Waals surface area contributed by atoms with Crippen molar-refractivity contribution in [3.05, 3.63) is 0 Å². The summed E-state index contributed by atoms with van der Waals surface area (Å²) in [6.45, 7) is 9.48. The van der Waals surface area contributed by atoms with Gasteiger partial charge in [0, 0.05) is 12.1 Å². The van der Waals surface area contributed by atoms with Crippen LogP contribution >= 0.6 is 0 Å². The number of carbonyl (C=O) groups excluding carboxylic acids is 1. The molecule has 96 valence electrons. The predicted octanol–water partition coefficient (Wildman–Crippen LogP) is 1.53. The highest BCUT2D eigenvalue weighted by Crippen LogP contribution is 2.18. The Morgan fingerprint density at radius 2 is 2.18 bits per heavy atom.